The Morgan fingerprint density at radius 1 is 1.19 bits per heavy atom. The number of nitrogens with zero attached hydrogens (tertiary/aromatic N) is 3. The van der Waals surface area contributed by atoms with Crippen LogP contribution in [-0.4, -0.2) is 28.3 Å². The van der Waals surface area contributed by atoms with E-state index in [0.29, 0.717) is 23.5 Å². The summed E-state index contributed by atoms with van der Waals surface area (Å²) < 4.78 is 37.8. The Hall–Kier alpha value is -3.03. The number of rotatable bonds is 2. The van der Waals surface area contributed by atoms with E-state index in [1.54, 1.807) is 24.3 Å². The minimum Gasteiger partial charge on any atom is -0.507 e. The van der Waals surface area contributed by atoms with Crippen molar-refractivity contribution < 1.29 is 18.3 Å². The second-order valence-electron chi connectivity index (χ2n) is 6.00. The van der Waals surface area contributed by atoms with Crippen molar-refractivity contribution in [3.8, 4) is 5.75 Å². The summed E-state index contributed by atoms with van der Waals surface area (Å²) in [5.74, 6) is 0.199. The van der Waals surface area contributed by atoms with Gasteiger partial charge in [0.2, 0.25) is 5.96 Å². The summed E-state index contributed by atoms with van der Waals surface area (Å²) in [5.41, 5.74) is 6.80. The molecular formula is C18H17F3N4O. The van der Waals surface area contributed by atoms with Crippen LogP contribution in [0.3, 0.4) is 0 Å². The van der Waals surface area contributed by atoms with Crippen LogP contribution in [-0.2, 0) is 6.18 Å². The molecule has 0 bridgehead atoms. The molecule has 1 atom stereocenters. The van der Waals surface area contributed by atoms with E-state index in [4.69, 9.17) is 5.73 Å². The van der Waals surface area contributed by atoms with Crippen molar-refractivity contribution in [1.82, 2.24) is 5.01 Å². The van der Waals surface area contributed by atoms with E-state index in [2.05, 4.69) is 10.1 Å². The first-order valence-corrected chi connectivity index (χ1v) is 7.91. The highest BCUT2D eigenvalue weighted by molar-refractivity contribution is 6.06. The minimum absolute atomic E-state index is 0.00431. The molecule has 0 spiro atoms. The summed E-state index contributed by atoms with van der Waals surface area (Å²) in [7, 11) is 0. The monoisotopic (exact) mass is 362 g/mol. The van der Waals surface area contributed by atoms with Gasteiger partial charge in [0.05, 0.1) is 23.5 Å². The average Bonchev–Trinajstić information content (AvgIpc) is 2.97. The molecule has 0 saturated carbocycles. The molecule has 8 heteroatoms. The first-order valence-electron chi connectivity index (χ1n) is 7.91. The Kier molecular flexibility index (Phi) is 4.58. The first-order chi connectivity index (χ1) is 12.3. The van der Waals surface area contributed by atoms with Gasteiger partial charge < -0.3 is 10.8 Å². The van der Waals surface area contributed by atoms with Gasteiger partial charge in [-0.1, -0.05) is 19.1 Å². The molecule has 0 aromatic heterocycles. The molecule has 0 fully saturated rings. The molecule has 1 unspecified atom stereocenters. The minimum atomic E-state index is -4.39. The zero-order chi connectivity index (χ0) is 18.9. The van der Waals surface area contributed by atoms with Crippen molar-refractivity contribution in [2.45, 2.75) is 13.1 Å². The summed E-state index contributed by atoms with van der Waals surface area (Å²) in [6.07, 6.45) is -4.39. The van der Waals surface area contributed by atoms with Crippen LogP contribution in [0.5, 0.6) is 5.75 Å². The number of hydrazone groups is 1. The molecule has 1 aliphatic rings. The number of aliphatic imine (C=N–C) groups is 1. The number of aromatic hydroxyl groups is 1. The number of phenolic OH excluding ortho intramolecular Hbond substituents is 1. The molecule has 2 aromatic rings. The molecule has 3 N–H and O–H groups in total. The summed E-state index contributed by atoms with van der Waals surface area (Å²) in [4.78, 5) is 4.13. The quantitative estimate of drug-likeness (QED) is 0.632. The summed E-state index contributed by atoms with van der Waals surface area (Å²) in [5, 5.41) is 15.9. The highest BCUT2D eigenvalue weighted by atomic mass is 19.4. The lowest BCUT2D eigenvalue weighted by Crippen LogP contribution is -2.32. The van der Waals surface area contributed by atoms with Gasteiger partial charge in [-0.15, -0.1) is 0 Å². The van der Waals surface area contributed by atoms with Crippen molar-refractivity contribution in [1.29, 1.82) is 0 Å². The molecule has 5 nitrogen and oxygen atoms in total. The molecule has 0 saturated heterocycles. The number of nitrogens with two attached hydrogens (primary N) is 1. The fraction of sp³-hybridized carbons (Fsp3) is 0.222. The molecule has 0 amide bonds. The third kappa shape index (κ3) is 3.63. The van der Waals surface area contributed by atoms with Gasteiger partial charge >= 0.3 is 6.18 Å². The summed E-state index contributed by atoms with van der Waals surface area (Å²) in [6, 6.07) is 11.3. The van der Waals surface area contributed by atoms with E-state index in [1.165, 1.54) is 17.1 Å². The number of hydrogen-bond donors (Lipinski definition) is 2. The third-order valence-corrected chi connectivity index (χ3v) is 4.02. The Morgan fingerprint density at radius 2 is 1.85 bits per heavy atom. The van der Waals surface area contributed by atoms with E-state index in [-0.39, 0.29) is 17.6 Å². The van der Waals surface area contributed by atoms with Crippen molar-refractivity contribution >= 4 is 17.4 Å². The maximum atomic E-state index is 12.6. The van der Waals surface area contributed by atoms with Crippen molar-refractivity contribution in [3.63, 3.8) is 0 Å². The van der Waals surface area contributed by atoms with Gasteiger partial charge in [-0.05, 0) is 36.4 Å². The van der Waals surface area contributed by atoms with E-state index >= 15 is 0 Å². The van der Waals surface area contributed by atoms with Gasteiger partial charge in [-0.2, -0.15) is 18.3 Å². The van der Waals surface area contributed by atoms with Crippen molar-refractivity contribution in [2.75, 3.05) is 6.54 Å². The number of guanidine groups is 1. The van der Waals surface area contributed by atoms with E-state index in [9.17, 15) is 18.3 Å². The molecule has 1 heterocycles. The Balaban J connectivity index is 1.83. The molecule has 136 valence electrons. The van der Waals surface area contributed by atoms with Crippen LogP contribution in [0.15, 0.2) is 58.6 Å². The molecule has 0 aliphatic carbocycles. The van der Waals surface area contributed by atoms with Crippen LogP contribution in [0.25, 0.3) is 0 Å². The van der Waals surface area contributed by atoms with Crippen molar-refractivity contribution in [2.24, 2.45) is 21.7 Å². The average molecular weight is 362 g/mol. The lowest BCUT2D eigenvalue weighted by Gasteiger charge is -2.13. The molecule has 3 rings (SSSR count). The predicted molar refractivity (Wildman–Crippen MR) is 93.2 cm³/mol. The topological polar surface area (TPSA) is 74.2 Å². The third-order valence-electron chi connectivity index (χ3n) is 4.02. The number of phenols is 1. The Bertz CT molecular complexity index is 859. The van der Waals surface area contributed by atoms with Crippen LogP contribution < -0.4 is 5.73 Å². The second kappa shape index (κ2) is 6.70. The van der Waals surface area contributed by atoms with Crippen LogP contribution in [0.2, 0.25) is 0 Å². The number of halogens is 3. The maximum absolute atomic E-state index is 12.6. The first kappa shape index (κ1) is 17.8. The molecule has 2 aromatic carbocycles. The number of para-hydroxylation sites is 1. The fourth-order valence-corrected chi connectivity index (χ4v) is 2.68. The normalized spacial score (nSPS) is 18.2. The van der Waals surface area contributed by atoms with Crippen LogP contribution in [0.4, 0.5) is 18.9 Å². The van der Waals surface area contributed by atoms with Gasteiger partial charge in [0.1, 0.15) is 5.75 Å². The number of hydrogen-bond acceptors (Lipinski definition) is 3. The Morgan fingerprint density at radius 3 is 2.46 bits per heavy atom. The van der Waals surface area contributed by atoms with Crippen LogP contribution >= 0.6 is 0 Å². The number of benzene rings is 2. The SMILES string of the molecule is CC1CN(C(N)=Nc2ccc(C(F)(F)F)cc2)N=C1c1ccccc1O. The smallest absolute Gasteiger partial charge is 0.416 e. The molecule has 1 aliphatic heterocycles. The highest BCUT2D eigenvalue weighted by Gasteiger charge is 2.30. The second-order valence-corrected chi connectivity index (χ2v) is 6.00. The highest BCUT2D eigenvalue weighted by Crippen LogP contribution is 2.30. The van der Waals surface area contributed by atoms with Crippen molar-refractivity contribution in [3.05, 3.63) is 59.7 Å². The molecular weight excluding hydrogens is 345 g/mol. The van der Waals surface area contributed by atoms with Gasteiger partial charge in [0.25, 0.3) is 0 Å². The zero-order valence-corrected chi connectivity index (χ0v) is 13.9. The largest absolute Gasteiger partial charge is 0.507 e. The van der Waals surface area contributed by atoms with Gasteiger partial charge in [0.15, 0.2) is 0 Å². The van der Waals surface area contributed by atoms with E-state index in [0.717, 1.165) is 12.1 Å². The predicted octanol–water partition coefficient (Wildman–Crippen LogP) is 3.71. The molecule has 26 heavy (non-hydrogen) atoms. The lowest BCUT2D eigenvalue weighted by molar-refractivity contribution is -0.137. The summed E-state index contributed by atoms with van der Waals surface area (Å²) in [6.45, 7) is 2.40. The van der Waals surface area contributed by atoms with Gasteiger partial charge in [-0.3, -0.25) is 0 Å². The molecule has 0 radical (unpaired) electrons. The van der Waals surface area contributed by atoms with Gasteiger partial charge in [0, 0.05) is 11.5 Å². The fourth-order valence-electron chi connectivity index (χ4n) is 2.68. The Labute approximate surface area is 148 Å². The zero-order valence-electron chi connectivity index (χ0n) is 13.9. The van der Waals surface area contributed by atoms with Gasteiger partial charge in [-0.25, -0.2) is 10.0 Å². The van der Waals surface area contributed by atoms with E-state index < -0.39 is 11.7 Å². The maximum Gasteiger partial charge on any atom is 0.416 e. The van der Waals surface area contributed by atoms with E-state index in [1.807, 2.05) is 6.92 Å². The standard InChI is InChI=1S/C18H17F3N4O/c1-11-10-25(24-16(11)14-4-2-3-5-15(14)26)17(22)23-13-8-6-12(7-9-13)18(19,20)21/h2-9,11,26H,10H2,1H3,(H2,22,23). The van der Waals surface area contributed by atoms with Crippen LogP contribution in [0, 0.1) is 5.92 Å². The summed E-state index contributed by atoms with van der Waals surface area (Å²) >= 11 is 0. The van der Waals surface area contributed by atoms with Crippen LogP contribution in [0.1, 0.15) is 18.1 Å². The lowest BCUT2D eigenvalue weighted by atomic mass is 9.99. The number of alkyl halides is 3.